The number of nitrogens with zero attached hydrogens (tertiary/aromatic N) is 1. The van der Waals surface area contributed by atoms with Crippen molar-refractivity contribution < 1.29 is 4.79 Å². The minimum absolute atomic E-state index is 0.0835. The number of benzene rings is 1. The lowest BCUT2D eigenvalue weighted by molar-refractivity contribution is 0.209. The highest BCUT2D eigenvalue weighted by Crippen LogP contribution is 2.17. The first kappa shape index (κ1) is 11.5. The third-order valence-electron chi connectivity index (χ3n) is 2.80. The van der Waals surface area contributed by atoms with E-state index < -0.39 is 0 Å². The molecular weight excluding hydrogens is 214 g/mol. The Morgan fingerprint density at radius 1 is 1.41 bits per heavy atom. The van der Waals surface area contributed by atoms with Crippen molar-refractivity contribution in [3.05, 3.63) is 35.5 Å². The summed E-state index contributed by atoms with van der Waals surface area (Å²) in [7, 11) is 3.41. The molecule has 0 bridgehead atoms. The molecule has 1 aromatic heterocycles. The summed E-state index contributed by atoms with van der Waals surface area (Å²) >= 11 is 0. The van der Waals surface area contributed by atoms with Gasteiger partial charge in [-0.1, -0.05) is 11.6 Å². The van der Waals surface area contributed by atoms with Crippen LogP contribution in [0.2, 0.25) is 0 Å². The molecule has 2 N–H and O–H groups in total. The van der Waals surface area contributed by atoms with E-state index in [-0.39, 0.29) is 6.03 Å². The zero-order chi connectivity index (χ0) is 12.4. The van der Waals surface area contributed by atoms with Crippen LogP contribution in [0.4, 0.5) is 4.79 Å². The molecule has 0 aliphatic rings. The second-order valence-electron chi connectivity index (χ2n) is 4.30. The van der Waals surface area contributed by atoms with E-state index in [0.29, 0.717) is 6.54 Å². The Labute approximate surface area is 101 Å². The Balaban J connectivity index is 2.22. The van der Waals surface area contributed by atoms with Crippen molar-refractivity contribution in [1.82, 2.24) is 15.2 Å². The molecule has 0 unspecified atom stereocenters. The van der Waals surface area contributed by atoms with Crippen molar-refractivity contribution in [3.63, 3.8) is 0 Å². The summed E-state index contributed by atoms with van der Waals surface area (Å²) in [5.41, 5.74) is 3.38. The van der Waals surface area contributed by atoms with Crippen molar-refractivity contribution in [3.8, 4) is 0 Å². The molecule has 2 amide bonds. The third-order valence-corrected chi connectivity index (χ3v) is 2.80. The summed E-state index contributed by atoms with van der Waals surface area (Å²) < 4.78 is 0. The van der Waals surface area contributed by atoms with Crippen LogP contribution in [0.1, 0.15) is 11.3 Å². The van der Waals surface area contributed by atoms with Gasteiger partial charge in [0.05, 0.1) is 6.54 Å². The number of H-pyrrole nitrogens is 1. The third kappa shape index (κ3) is 2.41. The second kappa shape index (κ2) is 4.49. The van der Waals surface area contributed by atoms with Crippen molar-refractivity contribution in [1.29, 1.82) is 0 Å². The number of carbonyl (C=O) groups excluding carboxylic acids is 1. The fourth-order valence-electron chi connectivity index (χ4n) is 1.92. The van der Waals surface area contributed by atoms with Gasteiger partial charge in [0, 0.05) is 25.3 Å². The molecule has 4 nitrogen and oxygen atoms in total. The number of aromatic amines is 1. The van der Waals surface area contributed by atoms with E-state index in [1.165, 1.54) is 10.9 Å². The van der Waals surface area contributed by atoms with E-state index >= 15 is 0 Å². The van der Waals surface area contributed by atoms with Crippen LogP contribution >= 0.6 is 0 Å². The van der Waals surface area contributed by atoms with Crippen LogP contribution in [0, 0.1) is 6.92 Å². The highest BCUT2D eigenvalue weighted by molar-refractivity contribution is 5.81. The molecule has 0 saturated carbocycles. The average Bonchev–Trinajstić information content (AvgIpc) is 2.69. The van der Waals surface area contributed by atoms with Crippen LogP contribution in [0.5, 0.6) is 0 Å². The van der Waals surface area contributed by atoms with Gasteiger partial charge in [-0.05, 0) is 30.5 Å². The van der Waals surface area contributed by atoms with Crippen LogP contribution in [0.3, 0.4) is 0 Å². The zero-order valence-electron chi connectivity index (χ0n) is 10.4. The maximum absolute atomic E-state index is 11.4. The number of hydrogen-bond donors (Lipinski definition) is 2. The maximum atomic E-state index is 11.4. The van der Waals surface area contributed by atoms with E-state index in [0.717, 1.165) is 11.2 Å². The standard InChI is InChI=1S/C13H17N3O/c1-9-4-5-12-10(6-9)7-11(15-12)8-16(3)13(17)14-2/h4-7,15H,8H2,1-3H3,(H,14,17). The number of rotatable bonds is 2. The number of amides is 2. The van der Waals surface area contributed by atoms with Gasteiger partial charge in [-0.2, -0.15) is 0 Å². The van der Waals surface area contributed by atoms with Crippen molar-refractivity contribution in [2.24, 2.45) is 0 Å². The number of nitrogens with one attached hydrogen (secondary N) is 2. The normalized spacial score (nSPS) is 10.5. The molecule has 1 aromatic carbocycles. The topological polar surface area (TPSA) is 48.1 Å². The first-order valence-electron chi connectivity index (χ1n) is 5.61. The van der Waals surface area contributed by atoms with Gasteiger partial charge in [0.1, 0.15) is 0 Å². The molecule has 1 heterocycles. The van der Waals surface area contributed by atoms with Gasteiger partial charge in [-0.25, -0.2) is 4.79 Å². The van der Waals surface area contributed by atoms with Crippen LogP contribution in [-0.2, 0) is 6.54 Å². The molecule has 0 aliphatic heterocycles. The van der Waals surface area contributed by atoms with Crippen LogP contribution in [0.25, 0.3) is 10.9 Å². The van der Waals surface area contributed by atoms with Gasteiger partial charge in [-0.15, -0.1) is 0 Å². The Morgan fingerprint density at radius 2 is 2.18 bits per heavy atom. The van der Waals surface area contributed by atoms with Gasteiger partial charge in [0.25, 0.3) is 0 Å². The molecule has 0 fully saturated rings. The van der Waals surface area contributed by atoms with E-state index in [4.69, 9.17) is 0 Å². The molecule has 90 valence electrons. The highest BCUT2D eigenvalue weighted by atomic mass is 16.2. The molecule has 0 saturated heterocycles. The summed E-state index contributed by atoms with van der Waals surface area (Å²) in [5, 5.41) is 3.79. The fourth-order valence-corrected chi connectivity index (χ4v) is 1.92. The molecule has 0 spiro atoms. The van der Waals surface area contributed by atoms with Gasteiger partial charge >= 0.3 is 6.03 Å². The first-order valence-corrected chi connectivity index (χ1v) is 5.61. The quantitative estimate of drug-likeness (QED) is 0.818. The van der Waals surface area contributed by atoms with Crippen molar-refractivity contribution in [2.75, 3.05) is 14.1 Å². The van der Waals surface area contributed by atoms with Gasteiger partial charge in [-0.3, -0.25) is 0 Å². The molecule has 4 heteroatoms. The first-order chi connectivity index (χ1) is 8.10. The number of aryl methyl sites for hydroxylation is 1. The Hall–Kier alpha value is -1.97. The summed E-state index contributed by atoms with van der Waals surface area (Å²) in [6.07, 6.45) is 0. The lowest BCUT2D eigenvalue weighted by Gasteiger charge is -2.14. The minimum atomic E-state index is -0.0835. The predicted octanol–water partition coefficient (Wildman–Crippen LogP) is 2.25. The van der Waals surface area contributed by atoms with Crippen LogP contribution in [0.15, 0.2) is 24.3 Å². The fraction of sp³-hybridized carbons (Fsp3) is 0.308. The summed E-state index contributed by atoms with van der Waals surface area (Å²) in [6, 6.07) is 8.27. The SMILES string of the molecule is CNC(=O)N(C)Cc1cc2cc(C)ccc2[nH]1. The molecular formula is C13H17N3O. The Bertz CT molecular complexity index is 545. The molecule has 2 rings (SSSR count). The van der Waals surface area contributed by atoms with Gasteiger partial charge in [0.2, 0.25) is 0 Å². The maximum Gasteiger partial charge on any atom is 0.317 e. The molecule has 17 heavy (non-hydrogen) atoms. The lowest BCUT2D eigenvalue weighted by Crippen LogP contribution is -2.34. The summed E-state index contributed by atoms with van der Waals surface area (Å²) in [5.74, 6) is 0. The van der Waals surface area contributed by atoms with E-state index in [1.807, 2.05) is 0 Å². The zero-order valence-corrected chi connectivity index (χ0v) is 10.4. The van der Waals surface area contributed by atoms with Crippen LogP contribution in [-0.4, -0.2) is 30.0 Å². The number of carbonyl (C=O) groups is 1. The smallest absolute Gasteiger partial charge is 0.317 e. The van der Waals surface area contributed by atoms with Gasteiger partial charge < -0.3 is 15.2 Å². The van der Waals surface area contributed by atoms with Gasteiger partial charge in [0.15, 0.2) is 0 Å². The largest absolute Gasteiger partial charge is 0.357 e. The van der Waals surface area contributed by atoms with Crippen molar-refractivity contribution >= 4 is 16.9 Å². The summed E-state index contributed by atoms with van der Waals surface area (Å²) in [4.78, 5) is 16.3. The number of aromatic nitrogens is 1. The molecule has 0 atom stereocenters. The summed E-state index contributed by atoms with van der Waals surface area (Å²) in [6.45, 7) is 2.65. The number of hydrogen-bond acceptors (Lipinski definition) is 1. The lowest BCUT2D eigenvalue weighted by atomic mass is 10.2. The van der Waals surface area contributed by atoms with Crippen molar-refractivity contribution in [2.45, 2.75) is 13.5 Å². The Kier molecular flexibility index (Phi) is 3.04. The monoisotopic (exact) mass is 231 g/mol. The minimum Gasteiger partial charge on any atom is -0.357 e. The molecule has 2 aromatic rings. The predicted molar refractivity (Wildman–Crippen MR) is 69.0 cm³/mol. The van der Waals surface area contributed by atoms with Crippen LogP contribution < -0.4 is 5.32 Å². The Morgan fingerprint density at radius 3 is 2.88 bits per heavy atom. The molecule has 0 radical (unpaired) electrons. The van der Waals surface area contributed by atoms with E-state index in [1.54, 1.807) is 19.0 Å². The van der Waals surface area contributed by atoms with E-state index in [2.05, 4.69) is 41.5 Å². The van der Waals surface area contributed by atoms with E-state index in [9.17, 15) is 4.79 Å². The second-order valence-corrected chi connectivity index (χ2v) is 4.30. The highest BCUT2D eigenvalue weighted by Gasteiger charge is 2.08. The number of urea groups is 1. The molecule has 0 aliphatic carbocycles. The number of fused-ring (bicyclic) bond motifs is 1. The average molecular weight is 231 g/mol.